The molecule has 0 aliphatic carbocycles. The second kappa shape index (κ2) is 6.15. The number of benzene rings is 1. The van der Waals surface area contributed by atoms with E-state index in [-0.39, 0.29) is 5.91 Å². The number of nitrogens with zero attached hydrogens (tertiary/aromatic N) is 2. The van der Waals surface area contributed by atoms with E-state index in [4.69, 9.17) is 17.3 Å². The van der Waals surface area contributed by atoms with Crippen LogP contribution in [0, 0.1) is 0 Å². The van der Waals surface area contributed by atoms with Crippen molar-refractivity contribution in [2.24, 2.45) is 0 Å². The summed E-state index contributed by atoms with van der Waals surface area (Å²) < 4.78 is 0. The van der Waals surface area contributed by atoms with Crippen LogP contribution in [0.3, 0.4) is 0 Å². The number of halogens is 1. The lowest BCUT2D eigenvalue weighted by atomic mass is 10.1. The minimum atomic E-state index is -0.119. The van der Waals surface area contributed by atoms with Crippen molar-refractivity contribution in [1.82, 2.24) is 9.97 Å². The second-order valence-corrected chi connectivity index (χ2v) is 4.40. The summed E-state index contributed by atoms with van der Waals surface area (Å²) in [5.41, 5.74) is 7.37. The molecule has 98 valence electrons. The van der Waals surface area contributed by atoms with Crippen molar-refractivity contribution in [3.8, 4) is 0 Å². The molecule has 6 heteroatoms. The average Bonchev–Trinajstić information content (AvgIpc) is 2.38. The maximum Gasteiger partial charge on any atom is 0.225 e. The summed E-state index contributed by atoms with van der Waals surface area (Å²) in [6.07, 6.45) is 2.31. The molecule has 2 aromatic rings. The maximum atomic E-state index is 11.7. The van der Waals surface area contributed by atoms with Crippen molar-refractivity contribution < 1.29 is 4.79 Å². The predicted octanol–water partition coefficient (Wildman–Crippen LogP) is 2.28. The number of carbonyl (C=O) groups excluding carboxylic acids is 1. The van der Waals surface area contributed by atoms with Gasteiger partial charge in [0.05, 0.1) is 0 Å². The van der Waals surface area contributed by atoms with Crippen molar-refractivity contribution in [1.29, 1.82) is 0 Å². The minimum Gasteiger partial charge on any atom is -0.399 e. The van der Waals surface area contributed by atoms with E-state index in [9.17, 15) is 4.79 Å². The molecule has 0 bridgehead atoms. The number of aromatic nitrogens is 2. The van der Waals surface area contributed by atoms with Crippen LogP contribution in [0.2, 0.25) is 5.15 Å². The Hall–Kier alpha value is -2.14. The van der Waals surface area contributed by atoms with Crippen LogP contribution in [0.25, 0.3) is 0 Å². The maximum absolute atomic E-state index is 11.7. The van der Waals surface area contributed by atoms with E-state index in [1.54, 1.807) is 0 Å². The van der Waals surface area contributed by atoms with Crippen molar-refractivity contribution in [2.75, 3.05) is 11.1 Å². The number of hydrogen-bond acceptors (Lipinski definition) is 4. The number of rotatable bonds is 4. The Bertz CT molecular complexity index is 571. The first kappa shape index (κ1) is 13.3. The Balaban J connectivity index is 1.86. The summed E-state index contributed by atoms with van der Waals surface area (Å²) in [7, 11) is 0. The molecule has 0 saturated heterocycles. The fourth-order valence-electron chi connectivity index (χ4n) is 1.55. The first-order chi connectivity index (χ1) is 9.13. The molecule has 0 aliphatic heterocycles. The smallest absolute Gasteiger partial charge is 0.225 e. The summed E-state index contributed by atoms with van der Waals surface area (Å²) >= 11 is 5.70. The highest BCUT2D eigenvalue weighted by Gasteiger charge is 2.04. The molecule has 1 aromatic heterocycles. The summed E-state index contributed by atoms with van der Waals surface area (Å²) in [5, 5.41) is 2.96. The number of amides is 1. The van der Waals surface area contributed by atoms with Crippen LogP contribution < -0.4 is 11.1 Å². The molecule has 19 heavy (non-hydrogen) atoms. The molecule has 0 unspecified atom stereocenters. The standard InChI is InChI=1S/C13H13ClN4O/c14-11-7-12(17-8-16-11)18-13(19)6-3-9-1-4-10(15)5-2-9/h1-2,4-5,7-8H,3,6,15H2,(H,16,17,18,19). The van der Waals surface area contributed by atoms with Gasteiger partial charge in [0.15, 0.2) is 0 Å². The largest absolute Gasteiger partial charge is 0.399 e. The van der Waals surface area contributed by atoms with E-state index in [2.05, 4.69) is 15.3 Å². The molecule has 1 heterocycles. The second-order valence-electron chi connectivity index (χ2n) is 4.02. The van der Waals surface area contributed by atoms with Gasteiger partial charge in [-0.2, -0.15) is 0 Å². The normalized spacial score (nSPS) is 10.2. The highest BCUT2D eigenvalue weighted by Crippen LogP contribution is 2.11. The molecule has 0 radical (unpaired) electrons. The Morgan fingerprint density at radius 2 is 2.00 bits per heavy atom. The summed E-state index contributed by atoms with van der Waals surface area (Å²) in [6, 6.07) is 8.95. The van der Waals surface area contributed by atoms with Gasteiger partial charge in [0.1, 0.15) is 17.3 Å². The molecule has 0 atom stereocenters. The Kier molecular flexibility index (Phi) is 4.30. The molecule has 1 aromatic carbocycles. The molecule has 2 rings (SSSR count). The lowest BCUT2D eigenvalue weighted by molar-refractivity contribution is -0.116. The zero-order chi connectivity index (χ0) is 13.7. The first-order valence-corrected chi connectivity index (χ1v) is 6.13. The monoisotopic (exact) mass is 276 g/mol. The van der Waals surface area contributed by atoms with Gasteiger partial charge in [0, 0.05) is 18.2 Å². The fourth-order valence-corrected chi connectivity index (χ4v) is 1.70. The minimum absolute atomic E-state index is 0.119. The third-order valence-corrected chi connectivity index (χ3v) is 2.73. The SMILES string of the molecule is Nc1ccc(CCC(=O)Nc2cc(Cl)ncn2)cc1. The number of nitrogens with two attached hydrogens (primary N) is 1. The molecule has 3 N–H and O–H groups in total. The van der Waals surface area contributed by atoms with Gasteiger partial charge in [0.2, 0.25) is 5.91 Å². The van der Waals surface area contributed by atoms with E-state index >= 15 is 0 Å². The van der Waals surface area contributed by atoms with Crippen molar-refractivity contribution in [2.45, 2.75) is 12.8 Å². The highest BCUT2D eigenvalue weighted by molar-refractivity contribution is 6.29. The summed E-state index contributed by atoms with van der Waals surface area (Å²) in [6.45, 7) is 0. The lowest BCUT2D eigenvalue weighted by Crippen LogP contribution is -2.13. The van der Waals surface area contributed by atoms with E-state index in [1.807, 2.05) is 24.3 Å². The van der Waals surface area contributed by atoms with E-state index < -0.39 is 0 Å². The lowest BCUT2D eigenvalue weighted by Gasteiger charge is -2.04. The summed E-state index contributed by atoms with van der Waals surface area (Å²) in [5.74, 6) is 0.286. The molecule has 1 amide bonds. The van der Waals surface area contributed by atoms with Crippen LogP contribution >= 0.6 is 11.6 Å². The third kappa shape index (κ3) is 4.22. The molecule has 5 nitrogen and oxygen atoms in total. The van der Waals surface area contributed by atoms with Gasteiger partial charge < -0.3 is 11.1 Å². The van der Waals surface area contributed by atoms with Crippen molar-refractivity contribution >= 4 is 29.0 Å². The van der Waals surface area contributed by atoms with Gasteiger partial charge in [-0.3, -0.25) is 4.79 Å². The topological polar surface area (TPSA) is 80.9 Å². The van der Waals surface area contributed by atoms with Crippen molar-refractivity contribution in [3.05, 3.63) is 47.4 Å². The number of hydrogen-bond donors (Lipinski definition) is 2. The molecular weight excluding hydrogens is 264 g/mol. The predicted molar refractivity (Wildman–Crippen MR) is 74.8 cm³/mol. The number of nitrogens with one attached hydrogen (secondary N) is 1. The van der Waals surface area contributed by atoms with Crippen molar-refractivity contribution in [3.63, 3.8) is 0 Å². The first-order valence-electron chi connectivity index (χ1n) is 5.75. The third-order valence-electron chi connectivity index (χ3n) is 2.52. The van der Waals surface area contributed by atoms with Crippen LogP contribution in [-0.4, -0.2) is 15.9 Å². The van der Waals surface area contributed by atoms with Gasteiger partial charge in [-0.05, 0) is 24.1 Å². The number of anilines is 2. The zero-order valence-electron chi connectivity index (χ0n) is 10.1. The fraction of sp³-hybridized carbons (Fsp3) is 0.154. The van der Waals surface area contributed by atoms with Gasteiger partial charge in [-0.25, -0.2) is 9.97 Å². The summed E-state index contributed by atoms with van der Waals surface area (Å²) in [4.78, 5) is 19.4. The van der Waals surface area contributed by atoms with E-state index in [1.165, 1.54) is 12.4 Å². The van der Waals surface area contributed by atoms with Crippen LogP contribution in [0.15, 0.2) is 36.7 Å². The van der Waals surface area contributed by atoms with Gasteiger partial charge in [-0.1, -0.05) is 23.7 Å². The quantitative estimate of drug-likeness (QED) is 0.663. The molecule has 0 saturated carbocycles. The van der Waals surface area contributed by atoms with Crippen LogP contribution in [-0.2, 0) is 11.2 Å². The molecule has 0 fully saturated rings. The highest BCUT2D eigenvalue weighted by atomic mass is 35.5. The van der Waals surface area contributed by atoms with Gasteiger partial charge in [0.25, 0.3) is 0 Å². The van der Waals surface area contributed by atoms with E-state index in [0.717, 1.165) is 5.56 Å². The molecule has 0 aliphatic rings. The Morgan fingerprint density at radius 3 is 2.68 bits per heavy atom. The average molecular weight is 277 g/mol. The van der Waals surface area contributed by atoms with Crippen LogP contribution in [0.4, 0.5) is 11.5 Å². The van der Waals surface area contributed by atoms with E-state index in [0.29, 0.717) is 29.5 Å². The number of carbonyl (C=O) groups is 1. The molecular formula is C13H13ClN4O. The molecule has 0 spiro atoms. The van der Waals surface area contributed by atoms with Crippen LogP contribution in [0.1, 0.15) is 12.0 Å². The Morgan fingerprint density at radius 1 is 1.26 bits per heavy atom. The van der Waals surface area contributed by atoms with Gasteiger partial charge >= 0.3 is 0 Å². The number of aryl methyl sites for hydroxylation is 1. The van der Waals surface area contributed by atoms with Crippen LogP contribution in [0.5, 0.6) is 0 Å². The van der Waals surface area contributed by atoms with Gasteiger partial charge in [-0.15, -0.1) is 0 Å². The Labute approximate surface area is 115 Å². The zero-order valence-corrected chi connectivity index (χ0v) is 10.9. The number of nitrogen functional groups attached to an aromatic ring is 1.